The summed E-state index contributed by atoms with van der Waals surface area (Å²) in [4.78, 5) is 11.4. The molecule has 0 aromatic heterocycles. The molecule has 2 fully saturated rings. The van der Waals surface area contributed by atoms with Crippen molar-refractivity contribution in [2.24, 2.45) is 17.8 Å². The predicted octanol–water partition coefficient (Wildman–Crippen LogP) is 2.63. The van der Waals surface area contributed by atoms with Gasteiger partial charge in [0.1, 0.15) is 5.75 Å². The number of phenols is 1. The van der Waals surface area contributed by atoms with E-state index in [1.165, 1.54) is 0 Å². The predicted molar refractivity (Wildman–Crippen MR) is 75.7 cm³/mol. The molecule has 5 heteroatoms. The van der Waals surface area contributed by atoms with Crippen molar-refractivity contribution in [3.63, 3.8) is 0 Å². The van der Waals surface area contributed by atoms with Crippen LogP contribution in [-0.2, 0) is 11.3 Å². The van der Waals surface area contributed by atoms with E-state index in [0.29, 0.717) is 23.4 Å². The van der Waals surface area contributed by atoms with Gasteiger partial charge >= 0.3 is 5.97 Å². The highest BCUT2D eigenvalue weighted by atomic mass is 35.5. The zero-order chi connectivity index (χ0) is 14.3. The van der Waals surface area contributed by atoms with Crippen LogP contribution in [0.4, 0.5) is 0 Å². The van der Waals surface area contributed by atoms with Crippen molar-refractivity contribution < 1.29 is 15.0 Å². The number of phenolic OH excluding ortho intramolecular Hbond substituents is 1. The highest BCUT2D eigenvalue weighted by Gasteiger charge is 2.50. The Morgan fingerprint density at radius 3 is 2.80 bits per heavy atom. The van der Waals surface area contributed by atoms with E-state index in [9.17, 15) is 15.0 Å². The summed E-state index contributed by atoms with van der Waals surface area (Å²) >= 11 is 5.88. The third kappa shape index (κ3) is 2.38. The SMILES string of the molecule is O=C(O)C1C2CCC(C2)C1NCc1ccc(O)c(Cl)c1. The van der Waals surface area contributed by atoms with Crippen LogP contribution in [0.2, 0.25) is 5.02 Å². The van der Waals surface area contributed by atoms with Gasteiger partial charge < -0.3 is 15.5 Å². The third-order valence-corrected chi connectivity index (χ3v) is 5.06. The minimum absolute atomic E-state index is 0.0545. The van der Waals surface area contributed by atoms with Crippen LogP contribution in [0.25, 0.3) is 0 Å². The Bertz CT molecular complexity index is 534. The standard InChI is InChI=1S/C15H18ClNO3/c16-11-5-8(1-4-12(11)18)7-17-14-10-3-2-9(6-10)13(14)15(19)20/h1,4-5,9-10,13-14,17-18H,2-3,6-7H2,(H,19,20). The van der Waals surface area contributed by atoms with Gasteiger partial charge in [0.2, 0.25) is 0 Å². The number of rotatable bonds is 4. The highest BCUT2D eigenvalue weighted by Crippen LogP contribution is 2.48. The number of halogens is 1. The molecule has 0 saturated heterocycles. The molecule has 0 amide bonds. The molecule has 0 aliphatic heterocycles. The van der Waals surface area contributed by atoms with Crippen LogP contribution >= 0.6 is 11.6 Å². The van der Waals surface area contributed by atoms with Crippen molar-refractivity contribution >= 4 is 17.6 Å². The lowest BCUT2D eigenvalue weighted by atomic mass is 9.84. The van der Waals surface area contributed by atoms with Crippen LogP contribution in [0.15, 0.2) is 18.2 Å². The fraction of sp³-hybridized carbons (Fsp3) is 0.533. The summed E-state index contributed by atoms with van der Waals surface area (Å²) in [6.07, 6.45) is 3.21. The van der Waals surface area contributed by atoms with Crippen LogP contribution in [0.1, 0.15) is 24.8 Å². The molecule has 3 N–H and O–H groups in total. The molecule has 0 heterocycles. The summed E-state index contributed by atoms with van der Waals surface area (Å²) in [7, 11) is 0. The first-order chi connectivity index (χ1) is 9.56. The molecule has 108 valence electrons. The average Bonchev–Trinajstić information content (AvgIpc) is 3.00. The van der Waals surface area contributed by atoms with Crippen LogP contribution in [-0.4, -0.2) is 22.2 Å². The molecule has 1 aromatic carbocycles. The van der Waals surface area contributed by atoms with Gasteiger partial charge in [-0.3, -0.25) is 4.79 Å². The fourth-order valence-corrected chi connectivity index (χ4v) is 4.04. The normalized spacial score (nSPS) is 31.6. The molecule has 2 bridgehead atoms. The lowest BCUT2D eigenvalue weighted by Gasteiger charge is -2.29. The molecular formula is C15H18ClNO3. The Kier molecular flexibility index (Phi) is 3.61. The number of fused-ring (bicyclic) bond motifs is 2. The molecule has 2 saturated carbocycles. The summed E-state index contributed by atoms with van der Waals surface area (Å²) in [6, 6.07) is 5.14. The van der Waals surface area contributed by atoms with Crippen molar-refractivity contribution in [1.82, 2.24) is 5.32 Å². The summed E-state index contributed by atoms with van der Waals surface area (Å²) in [6.45, 7) is 0.581. The summed E-state index contributed by atoms with van der Waals surface area (Å²) < 4.78 is 0. The number of benzene rings is 1. The van der Waals surface area contributed by atoms with Crippen molar-refractivity contribution in [3.8, 4) is 5.75 Å². The van der Waals surface area contributed by atoms with Gasteiger partial charge in [-0.15, -0.1) is 0 Å². The van der Waals surface area contributed by atoms with E-state index in [1.54, 1.807) is 18.2 Å². The van der Waals surface area contributed by atoms with E-state index in [0.717, 1.165) is 24.8 Å². The van der Waals surface area contributed by atoms with Gasteiger partial charge in [0.05, 0.1) is 10.9 Å². The Hall–Kier alpha value is -1.26. The van der Waals surface area contributed by atoms with Gasteiger partial charge in [0, 0.05) is 12.6 Å². The first-order valence-electron chi connectivity index (χ1n) is 7.00. The maximum absolute atomic E-state index is 11.4. The van der Waals surface area contributed by atoms with Crippen molar-refractivity contribution in [3.05, 3.63) is 28.8 Å². The number of carboxylic acids is 1. The summed E-state index contributed by atoms with van der Waals surface area (Å²) in [5.41, 5.74) is 0.958. The van der Waals surface area contributed by atoms with Crippen molar-refractivity contribution in [2.45, 2.75) is 31.8 Å². The third-order valence-electron chi connectivity index (χ3n) is 4.76. The highest BCUT2D eigenvalue weighted by molar-refractivity contribution is 6.32. The number of aromatic hydroxyl groups is 1. The quantitative estimate of drug-likeness (QED) is 0.799. The van der Waals surface area contributed by atoms with Crippen molar-refractivity contribution in [1.29, 1.82) is 0 Å². The van der Waals surface area contributed by atoms with Gasteiger partial charge in [-0.2, -0.15) is 0 Å². The maximum Gasteiger partial charge on any atom is 0.308 e. The minimum atomic E-state index is -0.682. The molecule has 4 atom stereocenters. The maximum atomic E-state index is 11.4. The van der Waals surface area contributed by atoms with Gasteiger partial charge in [-0.1, -0.05) is 17.7 Å². The largest absolute Gasteiger partial charge is 0.506 e. The van der Waals surface area contributed by atoms with E-state index in [-0.39, 0.29) is 17.7 Å². The van der Waals surface area contributed by atoms with Crippen LogP contribution in [0, 0.1) is 17.8 Å². The number of carboxylic acid groups (broad SMARTS) is 1. The Balaban J connectivity index is 1.68. The first kappa shape index (κ1) is 13.7. The second kappa shape index (κ2) is 5.26. The van der Waals surface area contributed by atoms with Gasteiger partial charge in [0.15, 0.2) is 0 Å². The van der Waals surface area contributed by atoms with Gasteiger partial charge in [-0.05, 0) is 48.8 Å². The summed E-state index contributed by atoms with van der Waals surface area (Å²) in [5, 5.41) is 22.5. The van der Waals surface area contributed by atoms with Crippen LogP contribution < -0.4 is 5.32 Å². The molecule has 2 aliphatic rings. The van der Waals surface area contributed by atoms with Gasteiger partial charge in [-0.25, -0.2) is 0 Å². The van der Waals surface area contributed by atoms with E-state index in [1.807, 2.05) is 0 Å². The van der Waals surface area contributed by atoms with Crippen LogP contribution in [0.5, 0.6) is 5.75 Å². The molecule has 20 heavy (non-hydrogen) atoms. The smallest absolute Gasteiger partial charge is 0.308 e. The number of aliphatic carboxylic acids is 1. The molecular weight excluding hydrogens is 278 g/mol. The monoisotopic (exact) mass is 295 g/mol. The second-order valence-corrected chi connectivity index (χ2v) is 6.30. The molecule has 2 aliphatic carbocycles. The number of hydrogen-bond donors (Lipinski definition) is 3. The molecule has 4 unspecified atom stereocenters. The topological polar surface area (TPSA) is 69.6 Å². The van der Waals surface area contributed by atoms with Crippen LogP contribution in [0.3, 0.4) is 0 Å². The minimum Gasteiger partial charge on any atom is -0.506 e. The second-order valence-electron chi connectivity index (χ2n) is 5.89. The average molecular weight is 296 g/mol. The zero-order valence-corrected chi connectivity index (χ0v) is 11.8. The van der Waals surface area contributed by atoms with E-state index in [4.69, 9.17) is 11.6 Å². The molecule has 3 rings (SSSR count). The molecule has 0 radical (unpaired) electrons. The number of hydrogen-bond acceptors (Lipinski definition) is 3. The Labute approximate surface area is 122 Å². The van der Waals surface area contributed by atoms with E-state index < -0.39 is 5.97 Å². The lowest BCUT2D eigenvalue weighted by Crippen LogP contribution is -2.43. The Morgan fingerprint density at radius 1 is 1.35 bits per heavy atom. The Morgan fingerprint density at radius 2 is 2.10 bits per heavy atom. The zero-order valence-electron chi connectivity index (χ0n) is 11.1. The number of nitrogens with one attached hydrogen (secondary N) is 1. The van der Waals surface area contributed by atoms with Crippen molar-refractivity contribution in [2.75, 3.05) is 0 Å². The lowest BCUT2D eigenvalue weighted by molar-refractivity contribution is -0.144. The molecule has 4 nitrogen and oxygen atoms in total. The fourth-order valence-electron chi connectivity index (χ4n) is 3.84. The summed E-state index contributed by atoms with van der Waals surface area (Å²) in [5.74, 6) is -0.0642. The van der Waals surface area contributed by atoms with Gasteiger partial charge in [0.25, 0.3) is 0 Å². The number of carbonyl (C=O) groups is 1. The first-order valence-corrected chi connectivity index (χ1v) is 7.37. The van der Waals surface area contributed by atoms with E-state index in [2.05, 4.69) is 5.32 Å². The van der Waals surface area contributed by atoms with E-state index >= 15 is 0 Å². The molecule has 1 aromatic rings. The molecule has 0 spiro atoms.